The summed E-state index contributed by atoms with van der Waals surface area (Å²) in [6, 6.07) is 70.9. The molecule has 2 unspecified atom stereocenters. The number of pyridine rings is 2. The van der Waals surface area contributed by atoms with E-state index < -0.39 is 0 Å². The van der Waals surface area contributed by atoms with E-state index in [9.17, 15) is 0 Å². The predicted octanol–water partition coefficient (Wildman–Crippen LogP) is 13.2. The summed E-state index contributed by atoms with van der Waals surface area (Å²) >= 11 is 0. The molecule has 4 aromatic heterocycles. The van der Waals surface area contributed by atoms with Crippen molar-refractivity contribution in [2.75, 3.05) is 0 Å². The molecule has 8 nitrogen and oxygen atoms in total. The Morgan fingerprint density at radius 3 is 0.985 bits per heavy atom. The third-order valence-corrected chi connectivity index (χ3v) is 13.1. The molecule has 7 aromatic carbocycles. The number of benzene rings is 7. The molecule has 318 valence electrons. The largest absolute Gasteiger partial charge is 0.256 e. The summed E-state index contributed by atoms with van der Waals surface area (Å²) in [7, 11) is 0. The van der Waals surface area contributed by atoms with E-state index in [-0.39, 0.29) is 11.8 Å². The Bertz CT molecular complexity index is 3450. The molecule has 3 aliphatic carbocycles. The van der Waals surface area contributed by atoms with Gasteiger partial charge in [-0.2, -0.15) is 0 Å². The van der Waals surface area contributed by atoms with E-state index in [0.717, 1.165) is 55.9 Å². The summed E-state index contributed by atoms with van der Waals surface area (Å²) in [5, 5.41) is 0. The van der Waals surface area contributed by atoms with Gasteiger partial charge in [-0.3, -0.25) is 9.97 Å². The highest BCUT2D eigenvalue weighted by Gasteiger charge is 2.41. The van der Waals surface area contributed by atoms with Crippen LogP contribution in [0.25, 0.3) is 90.8 Å². The number of nitrogens with zero attached hydrogens (tertiary/aromatic N) is 8. The van der Waals surface area contributed by atoms with Gasteiger partial charge in [0.2, 0.25) is 0 Å². The number of rotatable bonds is 8. The monoisotopic (exact) mass is 870 g/mol. The van der Waals surface area contributed by atoms with Gasteiger partial charge in [-0.15, -0.1) is 0 Å². The fourth-order valence-electron chi connectivity index (χ4n) is 10.0. The second-order valence-electron chi connectivity index (χ2n) is 17.0. The van der Waals surface area contributed by atoms with Crippen LogP contribution in [0.15, 0.2) is 219 Å². The molecule has 3 aliphatic rings. The van der Waals surface area contributed by atoms with E-state index in [1.165, 1.54) is 33.4 Å². The zero-order chi connectivity index (χ0) is 45.0. The summed E-state index contributed by atoms with van der Waals surface area (Å²) in [5.74, 6) is 3.62. The second-order valence-corrected chi connectivity index (χ2v) is 17.0. The van der Waals surface area contributed by atoms with Gasteiger partial charge in [0.15, 0.2) is 34.9 Å². The first-order valence-corrected chi connectivity index (χ1v) is 22.7. The van der Waals surface area contributed by atoms with Crippen molar-refractivity contribution in [2.24, 2.45) is 0 Å². The summed E-state index contributed by atoms with van der Waals surface area (Å²) in [4.78, 5) is 40.4. The van der Waals surface area contributed by atoms with Gasteiger partial charge in [0, 0.05) is 68.7 Å². The maximum atomic E-state index is 5.24. The molecule has 0 saturated carbocycles. The minimum Gasteiger partial charge on any atom is -0.256 e. The van der Waals surface area contributed by atoms with Gasteiger partial charge < -0.3 is 0 Å². The van der Waals surface area contributed by atoms with E-state index >= 15 is 0 Å². The Morgan fingerprint density at radius 2 is 0.574 bits per heavy atom. The van der Waals surface area contributed by atoms with Crippen molar-refractivity contribution in [1.82, 2.24) is 39.9 Å². The molecule has 0 aliphatic heterocycles. The highest BCUT2D eigenvalue weighted by Crippen LogP contribution is 2.56. The van der Waals surface area contributed by atoms with Gasteiger partial charge in [0.1, 0.15) is 0 Å². The maximum Gasteiger partial charge on any atom is 0.164 e. The zero-order valence-corrected chi connectivity index (χ0v) is 36.5. The number of aromatic nitrogens is 8. The predicted molar refractivity (Wildman–Crippen MR) is 267 cm³/mol. The summed E-state index contributed by atoms with van der Waals surface area (Å²) in [5.41, 5.74) is 16.8. The molecule has 8 heteroatoms. The van der Waals surface area contributed by atoms with Crippen LogP contribution >= 0.6 is 0 Å². The van der Waals surface area contributed by atoms with Crippen LogP contribution in [-0.2, 0) is 0 Å². The van der Waals surface area contributed by atoms with Gasteiger partial charge in [-0.25, -0.2) is 29.9 Å². The molecule has 0 radical (unpaired) electrons. The second kappa shape index (κ2) is 16.4. The lowest BCUT2D eigenvalue weighted by Crippen LogP contribution is -2.27. The first-order valence-electron chi connectivity index (χ1n) is 22.7. The third kappa shape index (κ3) is 6.77. The molecule has 2 atom stereocenters. The van der Waals surface area contributed by atoms with E-state index in [1.807, 2.05) is 134 Å². The van der Waals surface area contributed by atoms with Crippen molar-refractivity contribution in [1.29, 1.82) is 0 Å². The van der Waals surface area contributed by atoms with Crippen molar-refractivity contribution in [3.05, 3.63) is 252 Å². The van der Waals surface area contributed by atoms with Crippen molar-refractivity contribution < 1.29 is 0 Å². The molecule has 14 rings (SSSR count). The van der Waals surface area contributed by atoms with Crippen LogP contribution in [0.2, 0.25) is 0 Å². The molecule has 0 N–H and O–H groups in total. The van der Waals surface area contributed by atoms with Crippen LogP contribution in [-0.4, -0.2) is 39.9 Å². The summed E-state index contributed by atoms with van der Waals surface area (Å²) in [6.45, 7) is 0. The van der Waals surface area contributed by atoms with Crippen molar-refractivity contribution in [3.63, 3.8) is 0 Å². The number of hydrogen-bond donors (Lipinski definition) is 0. The minimum atomic E-state index is -0.00553. The Labute approximate surface area is 392 Å². The van der Waals surface area contributed by atoms with Gasteiger partial charge >= 0.3 is 0 Å². The van der Waals surface area contributed by atoms with Crippen molar-refractivity contribution in [2.45, 2.75) is 11.8 Å². The fourth-order valence-corrected chi connectivity index (χ4v) is 10.0. The van der Waals surface area contributed by atoms with Gasteiger partial charge in [0.05, 0.1) is 11.4 Å². The average molecular weight is 871 g/mol. The topological polar surface area (TPSA) is 103 Å². The zero-order valence-electron chi connectivity index (χ0n) is 36.5. The van der Waals surface area contributed by atoms with Crippen molar-refractivity contribution >= 4 is 0 Å². The van der Waals surface area contributed by atoms with Gasteiger partial charge in [-0.1, -0.05) is 170 Å². The third-order valence-electron chi connectivity index (χ3n) is 13.1. The Balaban J connectivity index is 0.943. The normalized spacial score (nSPS) is 14.2. The van der Waals surface area contributed by atoms with Gasteiger partial charge in [0.25, 0.3) is 0 Å². The fraction of sp³-hybridized carbons (Fsp3) is 0.0333. The Hall–Kier alpha value is -9.14. The minimum absolute atomic E-state index is 0.00553. The molecule has 0 fully saturated rings. The Morgan fingerprint density at radius 1 is 0.235 bits per heavy atom. The SMILES string of the molecule is c1ccc(-c2nc(-c3ccc4c(c3)C3c5ccccc5C4c4cc(-c5nc(-c6ccccc6)nc(-c6ccccc6-c6ccccn6)n5)ccc43)nc(-c3ccccc3-c3ccccn3)n2)cc1. The molecule has 68 heavy (non-hydrogen) atoms. The molecule has 2 bridgehead atoms. The summed E-state index contributed by atoms with van der Waals surface area (Å²) in [6.07, 6.45) is 3.63. The standard InChI is InChI=1S/C60H38N8/c1-3-17-37(18-4-1)55-63-57(67-59(65-55)47-25-11-7-21-41(47)51-27-13-15-33-61-51)39-29-31-45-49(35-39)53-43-23-9-10-24-44(43)54(45)50-36-40(30-32-46(50)53)58-64-56(38-19-5-2-6-20-38)66-60(68-58)48-26-12-8-22-42(48)52-28-14-16-34-62-52/h1-36,53-54H. The maximum absolute atomic E-state index is 5.24. The van der Waals surface area contributed by atoms with Crippen LogP contribution in [0.3, 0.4) is 0 Å². The van der Waals surface area contributed by atoms with Crippen LogP contribution in [0.4, 0.5) is 0 Å². The highest BCUT2D eigenvalue weighted by atomic mass is 15.0. The van der Waals surface area contributed by atoms with Crippen LogP contribution in [0, 0.1) is 0 Å². The first kappa shape index (κ1) is 39.2. The van der Waals surface area contributed by atoms with Crippen LogP contribution in [0.1, 0.15) is 45.2 Å². The van der Waals surface area contributed by atoms with Crippen LogP contribution < -0.4 is 0 Å². The molecule has 11 aromatic rings. The Kier molecular flexibility index (Phi) is 9.45. The van der Waals surface area contributed by atoms with Gasteiger partial charge in [-0.05, 0) is 69.8 Å². The lowest BCUT2D eigenvalue weighted by atomic mass is 9.61. The van der Waals surface area contributed by atoms with E-state index in [4.69, 9.17) is 29.9 Å². The molecule has 0 spiro atoms. The van der Waals surface area contributed by atoms with E-state index in [0.29, 0.717) is 34.9 Å². The molecule has 4 heterocycles. The van der Waals surface area contributed by atoms with Crippen LogP contribution in [0.5, 0.6) is 0 Å². The first-order chi connectivity index (χ1) is 33.7. The lowest BCUT2D eigenvalue weighted by molar-refractivity contribution is 0.754. The smallest absolute Gasteiger partial charge is 0.164 e. The molecular formula is C60H38N8. The summed E-state index contributed by atoms with van der Waals surface area (Å²) < 4.78 is 0. The van der Waals surface area contributed by atoms with Crippen molar-refractivity contribution in [3.8, 4) is 90.8 Å². The quantitative estimate of drug-likeness (QED) is 0.149. The lowest BCUT2D eigenvalue weighted by Gasteiger charge is -2.42. The molecular weight excluding hydrogens is 833 g/mol. The molecule has 0 saturated heterocycles. The average Bonchev–Trinajstić information content (AvgIpc) is 3.43. The van der Waals surface area contributed by atoms with E-state index in [2.05, 4.69) is 94.9 Å². The molecule has 0 amide bonds. The highest BCUT2D eigenvalue weighted by molar-refractivity contribution is 5.82. The number of hydrogen-bond acceptors (Lipinski definition) is 8. The van der Waals surface area contributed by atoms with E-state index in [1.54, 1.807) is 0 Å².